The van der Waals surface area contributed by atoms with Gasteiger partial charge in [-0.25, -0.2) is 0 Å². The topological polar surface area (TPSA) is 74.6 Å². The van der Waals surface area contributed by atoms with Crippen molar-refractivity contribution in [1.29, 1.82) is 0 Å². The first kappa shape index (κ1) is 22.7. The fourth-order valence-electron chi connectivity index (χ4n) is 3.42. The summed E-state index contributed by atoms with van der Waals surface area (Å²) >= 11 is 0. The summed E-state index contributed by atoms with van der Waals surface area (Å²) < 4.78 is 0. The average molecular weight is 469 g/mol. The van der Waals surface area contributed by atoms with Gasteiger partial charge in [-0.3, -0.25) is 20.0 Å². The van der Waals surface area contributed by atoms with E-state index in [0.29, 0.717) is 0 Å². The number of nitrogens with zero attached hydrogens (tertiary/aromatic N) is 4. The largest absolute Gasteiger partial charge is 0.356 e. The molecule has 5 aromatic rings. The van der Waals surface area contributed by atoms with Gasteiger partial charge in [-0.05, 0) is 97.1 Å². The molecule has 0 saturated heterocycles. The fraction of sp³-hybridized carbons (Fsp3) is 0. The van der Waals surface area contributed by atoms with Crippen molar-refractivity contribution in [1.82, 2.24) is 9.97 Å². The minimum Gasteiger partial charge on any atom is -0.356 e. The molecule has 0 spiro atoms. The minimum atomic E-state index is 0.832. The predicted octanol–water partition coefficient (Wildman–Crippen LogP) is 7.47. The van der Waals surface area contributed by atoms with Gasteiger partial charge in [-0.2, -0.15) is 0 Å². The van der Waals surface area contributed by atoms with Gasteiger partial charge < -0.3 is 10.6 Å². The Morgan fingerprint density at radius 3 is 1.14 bits per heavy atom. The molecule has 0 radical (unpaired) electrons. The number of nitrogens with one attached hydrogen (secondary N) is 2. The number of benzene rings is 3. The number of rotatable bonds is 8. The zero-order chi connectivity index (χ0) is 24.4. The van der Waals surface area contributed by atoms with Crippen LogP contribution in [0.25, 0.3) is 0 Å². The van der Waals surface area contributed by atoms with E-state index in [0.717, 1.165) is 45.5 Å². The summed E-state index contributed by atoms with van der Waals surface area (Å²) in [6, 6.07) is 35.6. The lowest BCUT2D eigenvalue weighted by Crippen LogP contribution is -1.92. The standard InChI is InChI=1S/C30H24N6/c1-3-19-31-29(5-1)21-33-23-7-11-25(12-8-23)35-27-15-17-28(18-16-27)36-26-13-9-24(10-14-26)34-22-30-6-2-4-20-32-30/h1-22,35-36H. The van der Waals surface area contributed by atoms with Crippen molar-refractivity contribution in [3.05, 3.63) is 133 Å². The molecule has 2 N–H and O–H groups in total. The molecule has 0 saturated carbocycles. The highest BCUT2D eigenvalue weighted by atomic mass is 14.9. The molecular formula is C30H24N6. The van der Waals surface area contributed by atoms with Gasteiger partial charge in [0.1, 0.15) is 0 Å². The molecule has 3 aromatic carbocycles. The van der Waals surface area contributed by atoms with Gasteiger partial charge in [-0.1, -0.05) is 12.1 Å². The van der Waals surface area contributed by atoms with E-state index < -0.39 is 0 Å². The third-order valence-electron chi connectivity index (χ3n) is 5.26. The average Bonchev–Trinajstić information content (AvgIpc) is 2.94. The van der Waals surface area contributed by atoms with Crippen LogP contribution in [0.15, 0.2) is 132 Å². The lowest BCUT2D eigenvalue weighted by molar-refractivity contribution is 1.30. The van der Waals surface area contributed by atoms with Gasteiger partial charge in [0.25, 0.3) is 0 Å². The molecule has 0 amide bonds. The molecule has 36 heavy (non-hydrogen) atoms. The van der Waals surface area contributed by atoms with E-state index in [-0.39, 0.29) is 0 Å². The molecule has 174 valence electrons. The number of aliphatic imine (C=N–C) groups is 2. The SMILES string of the molecule is C(=Nc1ccc(Nc2ccc(Nc3ccc(N=Cc4ccccn4)cc3)cc2)cc1)c1ccccn1. The minimum absolute atomic E-state index is 0.832. The highest BCUT2D eigenvalue weighted by molar-refractivity contribution is 5.80. The molecule has 6 nitrogen and oxygen atoms in total. The van der Waals surface area contributed by atoms with Crippen LogP contribution in [-0.2, 0) is 0 Å². The number of hydrogen-bond donors (Lipinski definition) is 2. The molecule has 0 fully saturated rings. The van der Waals surface area contributed by atoms with E-state index in [2.05, 4.69) is 30.6 Å². The first-order chi connectivity index (χ1) is 17.8. The van der Waals surface area contributed by atoms with Gasteiger partial charge in [0.15, 0.2) is 0 Å². The third kappa shape index (κ3) is 6.48. The Labute approximate surface area is 210 Å². The van der Waals surface area contributed by atoms with Crippen LogP contribution in [0.3, 0.4) is 0 Å². The lowest BCUT2D eigenvalue weighted by atomic mass is 10.2. The maximum Gasteiger partial charge on any atom is 0.0812 e. The van der Waals surface area contributed by atoms with E-state index in [9.17, 15) is 0 Å². The van der Waals surface area contributed by atoms with Crippen LogP contribution >= 0.6 is 0 Å². The fourth-order valence-corrected chi connectivity index (χ4v) is 3.42. The molecule has 6 heteroatoms. The zero-order valence-electron chi connectivity index (χ0n) is 19.5. The van der Waals surface area contributed by atoms with Crippen molar-refractivity contribution < 1.29 is 0 Å². The van der Waals surface area contributed by atoms with Crippen molar-refractivity contribution in [2.75, 3.05) is 10.6 Å². The first-order valence-corrected chi connectivity index (χ1v) is 11.5. The maximum absolute atomic E-state index is 4.47. The number of hydrogen-bond acceptors (Lipinski definition) is 6. The quantitative estimate of drug-likeness (QED) is 0.232. The Kier molecular flexibility index (Phi) is 7.15. The Hall–Kier alpha value is -5.10. The monoisotopic (exact) mass is 468 g/mol. The number of anilines is 4. The lowest BCUT2D eigenvalue weighted by Gasteiger charge is -2.10. The molecule has 0 aliphatic heterocycles. The Morgan fingerprint density at radius 2 is 0.806 bits per heavy atom. The maximum atomic E-state index is 4.47. The predicted molar refractivity (Wildman–Crippen MR) is 149 cm³/mol. The second kappa shape index (κ2) is 11.4. The number of pyridine rings is 2. The highest BCUT2D eigenvalue weighted by Gasteiger charge is 1.99. The smallest absolute Gasteiger partial charge is 0.0812 e. The zero-order valence-corrected chi connectivity index (χ0v) is 19.5. The van der Waals surface area contributed by atoms with Gasteiger partial charge in [0.05, 0.1) is 35.2 Å². The van der Waals surface area contributed by atoms with Gasteiger partial charge >= 0.3 is 0 Å². The van der Waals surface area contributed by atoms with Crippen molar-refractivity contribution in [3.63, 3.8) is 0 Å². The molecule has 0 atom stereocenters. The first-order valence-electron chi connectivity index (χ1n) is 11.5. The Morgan fingerprint density at radius 1 is 0.444 bits per heavy atom. The van der Waals surface area contributed by atoms with Crippen LogP contribution in [-0.4, -0.2) is 22.4 Å². The van der Waals surface area contributed by atoms with E-state index in [1.165, 1.54) is 0 Å². The normalized spacial score (nSPS) is 11.1. The van der Waals surface area contributed by atoms with Crippen molar-refractivity contribution in [3.8, 4) is 0 Å². The summed E-state index contributed by atoms with van der Waals surface area (Å²) in [6.45, 7) is 0. The van der Waals surface area contributed by atoms with Crippen LogP contribution < -0.4 is 10.6 Å². The van der Waals surface area contributed by atoms with Gasteiger partial charge in [-0.15, -0.1) is 0 Å². The van der Waals surface area contributed by atoms with Crippen LogP contribution in [0.1, 0.15) is 11.4 Å². The van der Waals surface area contributed by atoms with E-state index in [1.807, 2.05) is 109 Å². The van der Waals surface area contributed by atoms with E-state index >= 15 is 0 Å². The van der Waals surface area contributed by atoms with Crippen LogP contribution in [0.4, 0.5) is 34.1 Å². The molecule has 2 heterocycles. The Bertz CT molecular complexity index is 1310. The highest BCUT2D eigenvalue weighted by Crippen LogP contribution is 2.24. The second-order valence-corrected chi connectivity index (χ2v) is 7.95. The second-order valence-electron chi connectivity index (χ2n) is 7.95. The van der Waals surface area contributed by atoms with Crippen molar-refractivity contribution in [2.24, 2.45) is 9.98 Å². The molecule has 0 unspecified atom stereocenters. The van der Waals surface area contributed by atoms with E-state index in [4.69, 9.17) is 0 Å². The summed E-state index contributed by atoms with van der Waals surface area (Å²) in [7, 11) is 0. The molecule has 5 rings (SSSR count). The number of aromatic nitrogens is 2. The third-order valence-corrected chi connectivity index (χ3v) is 5.26. The molecule has 0 aliphatic rings. The molecule has 0 aliphatic carbocycles. The summed E-state index contributed by atoms with van der Waals surface area (Å²) in [6.07, 6.45) is 7.03. The van der Waals surface area contributed by atoms with Crippen molar-refractivity contribution >= 4 is 46.6 Å². The van der Waals surface area contributed by atoms with Gasteiger partial charge in [0, 0.05) is 35.1 Å². The van der Waals surface area contributed by atoms with Crippen LogP contribution in [0, 0.1) is 0 Å². The summed E-state index contributed by atoms with van der Waals surface area (Å²) in [4.78, 5) is 17.4. The Balaban J connectivity index is 1.15. The summed E-state index contributed by atoms with van der Waals surface area (Å²) in [5.74, 6) is 0. The summed E-state index contributed by atoms with van der Waals surface area (Å²) in [5.41, 5.74) is 7.41. The van der Waals surface area contributed by atoms with Crippen LogP contribution in [0.5, 0.6) is 0 Å². The van der Waals surface area contributed by atoms with Gasteiger partial charge in [0.2, 0.25) is 0 Å². The van der Waals surface area contributed by atoms with Crippen LogP contribution in [0.2, 0.25) is 0 Å². The molecular weight excluding hydrogens is 444 g/mol. The van der Waals surface area contributed by atoms with E-state index in [1.54, 1.807) is 24.8 Å². The molecule has 2 aromatic heterocycles. The van der Waals surface area contributed by atoms with Crippen molar-refractivity contribution in [2.45, 2.75) is 0 Å². The summed E-state index contributed by atoms with van der Waals surface area (Å²) in [5, 5.41) is 6.84. The molecule has 0 bridgehead atoms.